The first kappa shape index (κ1) is 17.4. The van der Waals surface area contributed by atoms with E-state index in [4.69, 9.17) is 10.2 Å². The fraction of sp³-hybridized carbons (Fsp3) is 0.583. The van der Waals surface area contributed by atoms with Gasteiger partial charge in [-0.2, -0.15) is 11.8 Å². The summed E-state index contributed by atoms with van der Waals surface area (Å²) >= 11 is 1.70. The van der Waals surface area contributed by atoms with Crippen molar-refractivity contribution in [1.82, 2.24) is 4.90 Å². The Kier molecular flexibility index (Phi) is 8.15. The van der Waals surface area contributed by atoms with Gasteiger partial charge >= 0.3 is 0 Å². The summed E-state index contributed by atoms with van der Waals surface area (Å²) < 4.78 is 5.20. The molecule has 18 heavy (non-hydrogen) atoms. The third-order valence-corrected chi connectivity index (χ3v) is 3.34. The summed E-state index contributed by atoms with van der Waals surface area (Å²) in [4.78, 5) is 13.6. The predicted octanol–water partition coefficient (Wildman–Crippen LogP) is 2.05. The lowest BCUT2D eigenvalue weighted by Gasteiger charge is -2.20. The number of nitrogens with two attached hydrogens (primary N) is 1. The first-order valence-electron chi connectivity index (χ1n) is 5.58. The summed E-state index contributed by atoms with van der Waals surface area (Å²) in [6, 6.07) is 1.48. The summed E-state index contributed by atoms with van der Waals surface area (Å²) in [6.07, 6.45) is 4.36. The molecule has 4 nitrogen and oxygen atoms in total. The highest BCUT2D eigenvalue weighted by Gasteiger charge is 2.18. The van der Waals surface area contributed by atoms with E-state index in [2.05, 4.69) is 0 Å². The van der Waals surface area contributed by atoms with Crippen LogP contribution in [0.3, 0.4) is 0 Å². The van der Waals surface area contributed by atoms with Gasteiger partial charge in [-0.25, -0.2) is 0 Å². The van der Waals surface area contributed by atoms with E-state index < -0.39 is 6.04 Å². The van der Waals surface area contributed by atoms with Crippen LogP contribution >= 0.6 is 24.2 Å². The summed E-state index contributed by atoms with van der Waals surface area (Å²) in [7, 11) is 1.77. The third kappa shape index (κ3) is 4.92. The van der Waals surface area contributed by atoms with Gasteiger partial charge in [0.15, 0.2) is 0 Å². The molecule has 0 bridgehead atoms. The molecule has 0 radical (unpaired) electrons. The van der Waals surface area contributed by atoms with Gasteiger partial charge in [0.05, 0.1) is 12.3 Å². The molecule has 0 fully saturated rings. The van der Waals surface area contributed by atoms with Crippen LogP contribution < -0.4 is 5.73 Å². The van der Waals surface area contributed by atoms with Gasteiger partial charge in [-0.05, 0) is 31.4 Å². The minimum Gasteiger partial charge on any atom is -0.469 e. The Morgan fingerprint density at radius 2 is 2.28 bits per heavy atom. The van der Waals surface area contributed by atoms with Gasteiger partial charge in [0.1, 0.15) is 5.76 Å². The van der Waals surface area contributed by atoms with E-state index in [9.17, 15) is 4.79 Å². The van der Waals surface area contributed by atoms with E-state index in [1.54, 1.807) is 30.0 Å². The van der Waals surface area contributed by atoms with Crippen molar-refractivity contribution in [2.45, 2.75) is 25.9 Å². The van der Waals surface area contributed by atoms with Crippen molar-refractivity contribution in [3.63, 3.8) is 0 Å². The molecular formula is C12H21ClN2O2S. The minimum atomic E-state index is -0.403. The highest BCUT2D eigenvalue weighted by Crippen LogP contribution is 2.12. The molecule has 0 saturated heterocycles. The highest BCUT2D eigenvalue weighted by molar-refractivity contribution is 7.98. The SMILES string of the molecule is CSCC[C@H](N)C(=O)N(C)Cc1ccoc1C.Cl. The lowest BCUT2D eigenvalue weighted by Crippen LogP contribution is -2.41. The maximum absolute atomic E-state index is 11.9. The second-order valence-corrected chi connectivity index (χ2v) is 5.07. The largest absolute Gasteiger partial charge is 0.469 e. The third-order valence-electron chi connectivity index (χ3n) is 2.70. The van der Waals surface area contributed by atoms with Crippen molar-refractivity contribution in [2.24, 2.45) is 5.73 Å². The number of aryl methyl sites for hydroxylation is 1. The molecule has 0 aliphatic heterocycles. The number of hydrogen-bond acceptors (Lipinski definition) is 4. The molecule has 104 valence electrons. The normalized spacial score (nSPS) is 11.8. The van der Waals surface area contributed by atoms with Crippen LogP contribution in [-0.2, 0) is 11.3 Å². The molecule has 1 aromatic rings. The standard InChI is InChI=1S/C12H20N2O2S.ClH/c1-9-10(4-6-16-9)8-14(2)12(15)11(13)5-7-17-3;/h4,6,11H,5,7-8,13H2,1-3H3;1H/t11-;/m0./s1. The first-order chi connectivity index (χ1) is 8.06. The fourth-order valence-corrected chi connectivity index (χ4v) is 2.05. The Labute approximate surface area is 119 Å². The zero-order valence-electron chi connectivity index (χ0n) is 11.0. The van der Waals surface area contributed by atoms with Crippen LogP contribution in [0.25, 0.3) is 0 Å². The van der Waals surface area contributed by atoms with E-state index in [1.807, 2.05) is 19.2 Å². The number of hydrogen-bond donors (Lipinski definition) is 1. The van der Waals surface area contributed by atoms with Crippen molar-refractivity contribution in [3.05, 3.63) is 23.7 Å². The fourth-order valence-electron chi connectivity index (χ4n) is 1.56. The van der Waals surface area contributed by atoms with Crippen LogP contribution in [0.5, 0.6) is 0 Å². The lowest BCUT2D eigenvalue weighted by molar-refractivity contribution is -0.131. The topological polar surface area (TPSA) is 59.5 Å². The van der Waals surface area contributed by atoms with Crippen LogP contribution in [0, 0.1) is 6.92 Å². The van der Waals surface area contributed by atoms with E-state index in [0.717, 1.165) is 17.1 Å². The van der Waals surface area contributed by atoms with Gasteiger partial charge in [0.25, 0.3) is 0 Å². The monoisotopic (exact) mass is 292 g/mol. The second-order valence-electron chi connectivity index (χ2n) is 4.08. The number of carbonyl (C=O) groups is 1. The zero-order valence-corrected chi connectivity index (χ0v) is 12.6. The number of thioether (sulfide) groups is 1. The summed E-state index contributed by atoms with van der Waals surface area (Å²) in [5, 5.41) is 0. The molecule has 1 amide bonds. The number of halogens is 1. The van der Waals surface area contributed by atoms with Gasteiger partial charge in [-0.15, -0.1) is 12.4 Å². The van der Waals surface area contributed by atoms with Crippen LogP contribution in [-0.4, -0.2) is 35.9 Å². The average molecular weight is 293 g/mol. The van der Waals surface area contributed by atoms with Crippen LogP contribution in [0.2, 0.25) is 0 Å². The van der Waals surface area contributed by atoms with Gasteiger partial charge in [-0.3, -0.25) is 4.79 Å². The molecule has 0 saturated carbocycles. The smallest absolute Gasteiger partial charge is 0.239 e. The molecule has 1 rings (SSSR count). The minimum absolute atomic E-state index is 0. The molecule has 0 aliphatic carbocycles. The number of carbonyl (C=O) groups excluding carboxylic acids is 1. The molecule has 0 aliphatic rings. The van der Waals surface area contributed by atoms with E-state index in [-0.39, 0.29) is 18.3 Å². The zero-order chi connectivity index (χ0) is 12.8. The van der Waals surface area contributed by atoms with Crippen LogP contribution in [0.15, 0.2) is 16.7 Å². The molecule has 0 spiro atoms. The highest BCUT2D eigenvalue weighted by atomic mass is 35.5. The molecule has 2 N–H and O–H groups in total. The maximum Gasteiger partial charge on any atom is 0.239 e. The molecule has 0 aromatic carbocycles. The molecular weight excluding hydrogens is 272 g/mol. The maximum atomic E-state index is 11.9. The molecule has 1 atom stereocenters. The van der Waals surface area contributed by atoms with Gasteiger partial charge < -0.3 is 15.1 Å². The summed E-state index contributed by atoms with van der Waals surface area (Å²) in [5.41, 5.74) is 6.87. The van der Waals surface area contributed by atoms with E-state index >= 15 is 0 Å². The molecule has 0 unspecified atom stereocenters. The molecule has 1 aromatic heterocycles. The summed E-state index contributed by atoms with van der Waals surface area (Å²) in [6.45, 7) is 2.44. The average Bonchev–Trinajstić information content (AvgIpc) is 2.70. The van der Waals surface area contributed by atoms with Crippen molar-refractivity contribution in [2.75, 3.05) is 19.1 Å². The van der Waals surface area contributed by atoms with Crippen LogP contribution in [0.1, 0.15) is 17.7 Å². The first-order valence-corrected chi connectivity index (χ1v) is 6.98. The summed E-state index contributed by atoms with van der Waals surface area (Å²) in [5.74, 6) is 1.74. The van der Waals surface area contributed by atoms with Gasteiger partial charge in [0.2, 0.25) is 5.91 Å². The van der Waals surface area contributed by atoms with Crippen LogP contribution in [0.4, 0.5) is 0 Å². The Balaban J connectivity index is 0.00000289. The van der Waals surface area contributed by atoms with E-state index in [1.165, 1.54) is 0 Å². The number of furan rings is 1. The number of nitrogens with zero attached hydrogens (tertiary/aromatic N) is 1. The van der Waals surface area contributed by atoms with Gasteiger partial charge in [0, 0.05) is 19.2 Å². The Morgan fingerprint density at radius 1 is 1.61 bits per heavy atom. The Hall–Kier alpha value is -0.650. The number of rotatable bonds is 6. The Morgan fingerprint density at radius 3 is 2.78 bits per heavy atom. The number of likely N-dealkylation sites (N-methyl/N-ethyl adjacent to an activating group) is 1. The second kappa shape index (κ2) is 8.45. The van der Waals surface area contributed by atoms with Crippen molar-refractivity contribution >= 4 is 30.1 Å². The Bertz CT molecular complexity index is 371. The van der Waals surface area contributed by atoms with Crippen molar-refractivity contribution in [1.29, 1.82) is 0 Å². The number of amides is 1. The predicted molar refractivity (Wildman–Crippen MR) is 78.1 cm³/mol. The van der Waals surface area contributed by atoms with Crippen molar-refractivity contribution < 1.29 is 9.21 Å². The van der Waals surface area contributed by atoms with E-state index in [0.29, 0.717) is 13.0 Å². The lowest BCUT2D eigenvalue weighted by atomic mass is 10.2. The quantitative estimate of drug-likeness (QED) is 0.872. The molecule has 1 heterocycles. The molecule has 6 heteroatoms. The van der Waals surface area contributed by atoms with Gasteiger partial charge in [-0.1, -0.05) is 0 Å². The van der Waals surface area contributed by atoms with Crippen molar-refractivity contribution in [3.8, 4) is 0 Å².